The van der Waals surface area contributed by atoms with Gasteiger partial charge in [0.25, 0.3) is 5.56 Å². The average Bonchev–Trinajstić information content (AvgIpc) is 3.17. The second-order valence-electron chi connectivity index (χ2n) is 6.82. The molecule has 0 spiro atoms. The van der Waals surface area contributed by atoms with Gasteiger partial charge in [0.1, 0.15) is 12.2 Å². The highest BCUT2D eigenvalue weighted by atomic mass is 32.1. The van der Waals surface area contributed by atoms with E-state index in [2.05, 4.69) is 15.3 Å². The Labute approximate surface area is 172 Å². The lowest BCUT2D eigenvalue weighted by Crippen LogP contribution is -2.36. The van der Waals surface area contributed by atoms with Crippen molar-refractivity contribution < 1.29 is 9.53 Å². The maximum Gasteiger partial charge on any atom is 0.267 e. The molecule has 7 nitrogen and oxygen atoms in total. The third kappa shape index (κ3) is 4.72. The molecular weight excluding hydrogens is 388 g/mol. The molecule has 1 aliphatic heterocycles. The van der Waals surface area contributed by atoms with Crippen molar-refractivity contribution in [2.45, 2.75) is 13.5 Å². The van der Waals surface area contributed by atoms with E-state index in [4.69, 9.17) is 4.74 Å². The van der Waals surface area contributed by atoms with Crippen LogP contribution >= 0.6 is 11.3 Å². The zero-order valence-corrected chi connectivity index (χ0v) is 16.9. The van der Waals surface area contributed by atoms with Gasteiger partial charge in [0.15, 0.2) is 0 Å². The fourth-order valence-corrected chi connectivity index (χ4v) is 4.01. The molecule has 0 saturated carbocycles. The summed E-state index contributed by atoms with van der Waals surface area (Å²) in [5, 5.41) is 7.18. The molecule has 0 aliphatic carbocycles. The summed E-state index contributed by atoms with van der Waals surface area (Å²) in [6.07, 6.45) is 0. The summed E-state index contributed by atoms with van der Waals surface area (Å²) in [5.74, 6) is -0.293. The fraction of sp³-hybridized carbons (Fsp3) is 0.286. The Bertz CT molecular complexity index is 1050. The zero-order valence-electron chi connectivity index (χ0n) is 16.1. The van der Waals surface area contributed by atoms with Crippen LogP contribution in [0.15, 0.2) is 53.3 Å². The number of aromatic nitrogens is 2. The molecule has 1 aliphatic rings. The maximum atomic E-state index is 12.4. The normalized spacial score (nSPS) is 14.0. The number of ether oxygens (including phenoxy) is 1. The van der Waals surface area contributed by atoms with Crippen LogP contribution in [0.5, 0.6) is 0 Å². The predicted molar refractivity (Wildman–Crippen MR) is 115 cm³/mol. The van der Waals surface area contributed by atoms with Crippen molar-refractivity contribution in [3.63, 3.8) is 0 Å². The molecule has 29 heavy (non-hydrogen) atoms. The second-order valence-corrected chi connectivity index (χ2v) is 8.11. The number of morpholine rings is 1. The second kappa shape index (κ2) is 8.59. The molecule has 0 atom stereocenters. The quantitative estimate of drug-likeness (QED) is 0.700. The Hall–Kier alpha value is -2.97. The molecule has 1 amide bonds. The summed E-state index contributed by atoms with van der Waals surface area (Å²) in [7, 11) is 0. The number of hydrogen-bond acceptors (Lipinski definition) is 6. The van der Waals surface area contributed by atoms with Crippen molar-refractivity contribution in [2.75, 3.05) is 36.5 Å². The first kappa shape index (κ1) is 19.4. The highest BCUT2D eigenvalue weighted by Gasteiger charge is 2.12. The number of anilines is 2. The van der Waals surface area contributed by atoms with E-state index in [1.54, 1.807) is 17.4 Å². The minimum atomic E-state index is -0.306. The molecule has 0 bridgehead atoms. The fourth-order valence-electron chi connectivity index (χ4n) is 3.18. The summed E-state index contributed by atoms with van der Waals surface area (Å²) in [6, 6.07) is 14.8. The molecule has 150 valence electrons. The minimum absolute atomic E-state index is 0.137. The zero-order chi connectivity index (χ0) is 20.2. The van der Waals surface area contributed by atoms with Crippen LogP contribution in [0, 0.1) is 6.92 Å². The standard InChI is InChI=1S/C21H22N4O3S/c1-15-2-8-19(29-15)18-7-9-21(27)25(23-18)14-20(26)22-16-3-5-17(6-4-16)24-10-12-28-13-11-24/h2-9H,10-14H2,1H3,(H,22,26). The summed E-state index contributed by atoms with van der Waals surface area (Å²) < 4.78 is 6.57. The third-order valence-electron chi connectivity index (χ3n) is 4.68. The van der Waals surface area contributed by atoms with Gasteiger partial charge in [-0.1, -0.05) is 0 Å². The topological polar surface area (TPSA) is 76.5 Å². The number of rotatable bonds is 5. The van der Waals surface area contributed by atoms with Crippen LogP contribution in [0.3, 0.4) is 0 Å². The van der Waals surface area contributed by atoms with Crippen molar-refractivity contribution in [1.29, 1.82) is 0 Å². The number of amides is 1. The first-order valence-corrected chi connectivity index (χ1v) is 10.3. The van der Waals surface area contributed by atoms with Crippen LogP contribution in [0.25, 0.3) is 10.6 Å². The number of aryl methyl sites for hydroxylation is 1. The van der Waals surface area contributed by atoms with Crippen LogP contribution in [-0.4, -0.2) is 42.0 Å². The van der Waals surface area contributed by atoms with Gasteiger partial charge in [0, 0.05) is 35.4 Å². The molecule has 4 rings (SSSR count). The number of carbonyl (C=O) groups is 1. The van der Waals surface area contributed by atoms with E-state index < -0.39 is 0 Å². The minimum Gasteiger partial charge on any atom is -0.378 e. The number of nitrogens with zero attached hydrogens (tertiary/aromatic N) is 3. The first-order valence-electron chi connectivity index (χ1n) is 9.46. The van der Waals surface area contributed by atoms with Crippen molar-refractivity contribution in [2.24, 2.45) is 0 Å². The highest BCUT2D eigenvalue weighted by molar-refractivity contribution is 7.15. The number of hydrogen-bond donors (Lipinski definition) is 1. The highest BCUT2D eigenvalue weighted by Crippen LogP contribution is 2.25. The van der Waals surface area contributed by atoms with E-state index in [-0.39, 0.29) is 18.0 Å². The van der Waals surface area contributed by atoms with Gasteiger partial charge >= 0.3 is 0 Å². The molecule has 1 aromatic carbocycles. The summed E-state index contributed by atoms with van der Waals surface area (Å²) >= 11 is 1.60. The van der Waals surface area contributed by atoms with E-state index in [1.165, 1.54) is 10.7 Å². The number of nitrogens with one attached hydrogen (secondary N) is 1. The molecule has 1 fully saturated rings. The molecule has 3 aromatic rings. The molecule has 8 heteroatoms. The van der Waals surface area contributed by atoms with Crippen molar-refractivity contribution >= 4 is 28.6 Å². The van der Waals surface area contributed by atoms with E-state index in [1.807, 2.05) is 43.3 Å². The number of benzene rings is 1. The van der Waals surface area contributed by atoms with Crippen LogP contribution in [-0.2, 0) is 16.1 Å². The van der Waals surface area contributed by atoms with Gasteiger partial charge in [-0.05, 0) is 49.4 Å². The Kier molecular flexibility index (Phi) is 5.73. The van der Waals surface area contributed by atoms with E-state index in [0.29, 0.717) is 11.4 Å². The molecule has 0 radical (unpaired) electrons. The molecule has 2 aromatic heterocycles. The van der Waals surface area contributed by atoms with Gasteiger partial charge in [0.2, 0.25) is 5.91 Å². The van der Waals surface area contributed by atoms with Crippen LogP contribution in [0.2, 0.25) is 0 Å². The van der Waals surface area contributed by atoms with Gasteiger partial charge < -0.3 is 15.0 Å². The van der Waals surface area contributed by atoms with Crippen molar-refractivity contribution in [1.82, 2.24) is 9.78 Å². The molecular formula is C21H22N4O3S. The first-order chi connectivity index (χ1) is 14.1. The molecule has 1 N–H and O–H groups in total. The lowest BCUT2D eigenvalue weighted by molar-refractivity contribution is -0.117. The van der Waals surface area contributed by atoms with Gasteiger partial charge in [-0.2, -0.15) is 5.10 Å². The number of carbonyl (C=O) groups excluding carboxylic acids is 1. The molecule has 1 saturated heterocycles. The van der Waals surface area contributed by atoms with Crippen LogP contribution in [0.1, 0.15) is 4.88 Å². The smallest absolute Gasteiger partial charge is 0.267 e. The third-order valence-corrected chi connectivity index (χ3v) is 5.70. The van der Waals surface area contributed by atoms with Crippen LogP contribution < -0.4 is 15.8 Å². The predicted octanol–water partition coefficient (Wildman–Crippen LogP) is 2.76. The summed E-state index contributed by atoms with van der Waals surface area (Å²) in [4.78, 5) is 28.9. The molecule has 3 heterocycles. The Morgan fingerprint density at radius 2 is 1.86 bits per heavy atom. The molecule has 0 unspecified atom stereocenters. The lowest BCUT2D eigenvalue weighted by Gasteiger charge is -2.28. The lowest BCUT2D eigenvalue weighted by atomic mass is 10.2. The van der Waals surface area contributed by atoms with Gasteiger partial charge in [-0.15, -0.1) is 11.3 Å². The van der Waals surface area contributed by atoms with Crippen LogP contribution in [0.4, 0.5) is 11.4 Å². The Balaban J connectivity index is 1.42. The average molecular weight is 410 g/mol. The maximum absolute atomic E-state index is 12.4. The Morgan fingerprint density at radius 1 is 1.10 bits per heavy atom. The SMILES string of the molecule is Cc1ccc(-c2ccc(=O)n(CC(=O)Nc3ccc(N4CCOCC4)cc3)n2)s1. The van der Waals surface area contributed by atoms with E-state index >= 15 is 0 Å². The summed E-state index contributed by atoms with van der Waals surface area (Å²) in [5.41, 5.74) is 2.17. The monoisotopic (exact) mass is 410 g/mol. The van der Waals surface area contributed by atoms with Crippen molar-refractivity contribution in [3.05, 3.63) is 63.8 Å². The van der Waals surface area contributed by atoms with Gasteiger partial charge in [-0.25, -0.2) is 4.68 Å². The van der Waals surface area contributed by atoms with Gasteiger partial charge in [-0.3, -0.25) is 9.59 Å². The van der Waals surface area contributed by atoms with E-state index in [0.717, 1.165) is 41.7 Å². The van der Waals surface area contributed by atoms with Gasteiger partial charge in [0.05, 0.1) is 18.1 Å². The summed E-state index contributed by atoms with van der Waals surface area (Å²) in [6.45, 7) is 5.06. The largest absolute Gasteiger partial charge is 0.378 e. The Morgan fingerprint density at radius 3 is 2.55 bits per heavy atom. The van der Waals surface area contributed by atoms with Crippen molar-refractivity contribution in [3.8, 4) is 10.6 Å². The van der Waals surface area contributed by atoms with E-state index in [9.17, 15) is 9.59 Å². The number of thiophene rings is 1.